The molecule has 0 atom stereocenters. The highest BCUT2D eigenvalue weighted by Crippen LogP contribution is 2.12. The van der Waals surface area contributed by atoms with E-state index in [4.69, 9.17) is 5.11 Å². The lowest BCUT2D eigenvalue weighted by Gasteiger charge is -2.20. The lowest BCUT2D eigenvalue weighted by atomic mass is 10.1. The van der Waals surface area contributed by atoms with Crippen molar-refractivity contribution in [2.75, 3.05) is 26.2 Å². The first kappa shape index (κ1) is 17.3. The van der Waals surface area contributed by atoms with Gasteiger partial charge in [0.2, 0.25) is 0 Å². The minimum Gasteiger partial charge on any atom is -0.395 e. The van der Waals surface area contributed by atoms with Crippen molar-refractivity contribution in [2.24, 2.45) is 0 Å². The van der Waals surface area contributed by atoms with Crippen LogP contribution in [0.5, 0.6) is 0 Å². The van der Waals surface area contributed by atoms with Gasteiger partial charge in [0.05, 0.1) is 6.61 Å². The van der Waals surface area contributed by atoms with E-state index in [1.54, 1.807) is 0 Å². The van der Waals surface area contributed by atoms with Crippen molar-refractivity contribution < 1.29 is 9.90 Å². The van der Waals surface area contributed by atoms with Crippen molar-refractivity contribution in [1.82, 2.24) is 4.90 Å². The maximum absolute atomic E-state index is 12.0. The summed E-state index contributed by atoms with van der Waals surface area (Å²) in [6, 6.07) is 7.50. The van der Waals surface area contributed by atoms with E-state index < -0.39 is 0 Å². The summed E-state index contributed by atoms with van der Waals surface area (Å²) < 4.78 is 0.989. The molecule has 0 aromatic heterocycles. The van der Waals surface area contributed by atoms with Gasteiger partial charge in [-0.3, -0.25) is 4.79 Å². The van der Waals surface area contributed by atoms with Crippen LogP contribution in [0.3, 0.4) is 0 Å². The highest BCUT2D eigenvalue weighted by molar-refractivity contribution is 9.10. The Kier molecular flexibility index (Phi) is 8.74. The summed E-state index contributed by atoms with van der Waals surface area (Å²) in [5.41, 5.74) is 0.774. The van der Waals surface area contributed by atoms with Gasteiger partial charge in [-0.25, -0.2) is 0 Å². The number of ketones is 1. The molecule has 0 saturated heterocycles. The average molecular weight is 342 g/mol. The van der Waals surface area contributed by atoms with Crippen molar-refractivity contribution in [3.05, 3.63) is 34.3 Å². The maximum Gasteiger partial charge on any atom is 0.162 e. The van der Waals surface area contributed by atoms with Crippen molar-refractivity contribution in [3.8, 4) is 0 Å². The molecular weight excluding hydrogens is 318 g/mol. The third-order valence-electron chi connectivity index (χ3n) is 3.29. The molecule has 0 radical (unpaired) electrons. The molecule has 0 saturated carbocycles. The molecule has 0 unspecified atom stereocenters. The number of nitrogens with zero attached hydrogens (tertiary/aromatic N) is 1. The van der Waals surface area contributed by atoms with Gasteiger partial charge in [-0.15, -0.1) is 0 Å². The van der Waals surface area contributed by atoms with Crippen LogP contribution in [0.2, 0.25) is 0 Å². The van der Waals surface area contributed by atoms with Crippen molar-refractivity contribution in [1.29, 1.82) is 0 Å². The molecule has 0 amide bonds. The smallest absolute Gasteiger partial charge is 0.162 e. The van der Waals surface area contributed by atoms with Crippen molar-refractivity contribution in [3.63, 3.8) is 0 Å². The highest BCUT2D eigenvalue weighted by atomic mass is 79.9. The summed E-state index contributed by atoms with van der Waals surface area (Å²) >= 11 is 3.37. The van der Waals surface area contributed by atoms with Crippen molar-refractivity contribution >= 4 is 21.7 Å². The normalized spacial score (nSPS) is 11.0. The van der Waals surface area contributed by atoms with E-state index in [2.05, 4.69) is 27.8 Å². The molecule has 0 aliphatic carbocycles. The number of carbonyl (C=O) groups is 1. The Balaban J connectivity index is 2.34. The maximum atomic E-state index is 12.0. The summed E-state index contributed by atoms with van der Waals surface area (Å²) in [6.07, 6.45) is 3.70. The Morgan fingerprint density at radius 1 is 1.15 bits per heavy atom. The minimum absolute atomic E-state index is 0.185. The van der Waals surface area contributed by atoms with Gasteiger partial charge < -0.3 is 10.0 Å². The molecule has 1 N–H and O–H groups in total. The molecule has 1 rings (SSSR count). The van der Waals surface area contributed by atoms with E-state index in [0.29, 0.717) is 13.0 Å². The number of Topliss-reactive ketones (excluding diaryl/α,β-unsaturated/α-hetero) is 1. The van der Waals surface area contributed by atoms with Crippen LogP contribution in [0.25, 0.3) is 0 Å². The summed E-state index contributed by atoms with van der Waals surface area (Å²) in [4.78, 5) is 14.3. The van der Waals surface area contributed by atoms with Crippen LogP contribution < -0.4 is 0 Å². The fraction of sp³-hybridized carbons (Fsp3) is 0.562. The van der Waals surface area contributed by atoms with Gasteiger partial charge in [0, 0.05) is 23.0 Å². The Morgan fingerprint density at radius 3 is 2.40 bits per heavy atom. The number of halogens is 1. The first-order valence-corrected chi connectivity index (χ1v) is 8.08. The SMILES string of the molecule is CCCCN(CCO)CCCC(=O)c1ccc(Br)cc1. The number of benzene rings is 1. The van der Waals surface area contributed by atoms with Crippen LogP contribution in [0.4, 0.5) is 0 Å². The van der Waals surface area contributed by atoms with Gasteiger partial charge in [0.1, 0.15) is 0 Å². The monoisotopic (exact) mass is 341 g/mol. The predicted octanol–water partition coefficient (Wildman–Crippen LogP) is 3.51. The standard InChI is InChI=1S/C16H24BrNO2/c1-2-3-10-18(12-13-19)11-4-5-16(20)14-6-8-15(17)9-7-14/h6-9,19H,2-5,10-13H2,1H3. The first-order valence-electron chi connectivity index (χ1n) is 7.29. The zero-order valence-electron chi connectivity index (χ0n) is 12.1. The molecule has 0 spiro atoms. The van der Waals surface area contributed by atoms with Crippen LogP contribution in [0.1, 0.15) is 43.0 Å². The van der Waals surface area contributed by atoms with Crippen LogP contribution in [-0.4, -0.2) is 42.0 Å². The van der Waals surface area contributed by atoms with Crippen LogP contribution >= 0.6 is 15.9 Å². The number of hydrogen-bond donors (Lipinski definition) is 1. The molecule has 0 fully saturated rings. The van der Waals surface area contributed by atoms with E-state index in [1.165, 1.54) is 0 Å². The van der Waals surface area contributed by atoms with Crippen LogP contribution in [-0.2, 0) is 0 Å². The van der Waals surface area contributed by atoms with E-state index in [1.807, 2.05) is 24.3 Å². The largest absolute Gasteiger partial charge is 0.395 e. The Labute approximate surface area is 130 Å². The van der Waals surface area contributed by atoms with Gasteiger partial charge in [-0.05, 0) is 38.1 Å². The average Bonchev–Trinajstić information content (AvgIpc) is 2.45. The van der Waals surface area contributed by atoms with Gasteiger partial charge in [0.15, 0.2) is 5.78 Å². The molecule has 112 valence electrons. The minimum atomic E-state index is 0.185. The van der Waals surface area contributed by atoms with Crippen molar-refractivity contribution in [2.45, 2.75) is 32.6 Å². The topological polar surface area (TPSA) is 40.5 Å². The highest BCUT2D eigenvalue weighted by Gasteiger charge is 2.08. The van der Waals surface area contributed by atoms with Crippen LogP contribution in [0, 0.1) is 0 Å². The Morgan fingerprint density at radius 2 is 1.80 bits per heavy atom. The quantitative estimate of drug-likeness (QED) is 0.662. The lowest BCUT2D eigenvalue weighted by Crippen LogP contribution is -2.29. The fourth-order valence-electron chi connectivity index (χ4n) is 2.10. The number of aliphatic hydroxyl groups excluding tert-OH is 1. The zero-order chi connectivity index (χ0) is 14.8. The van der Waals surface area contributed by atoms with E-state index in [-0.39, 0.29) is 12.4 Å². The molecule has 1 aromatic rings. The summed E-state index contributed by atoms with van der Waals surface area (Å²) in [5, 5.41) is 9.04. The third-order valence-corrected chi connectivity index (χ3v) is 3.82. The van der Waals surface area contributed by atoms with E-state index >= 15 is 0 Å². The first-order chi connectivity index (χ1) is 9.67. The predicted molar refractivity (Wildman–Crippen MR) is 86.1 cm³/mol. The zero-order valence-corrected chi connectivity index (χ0v) is 13.7. The molecule has 3 nitrogen and oxygen atoms in total. The summed E-state index contributed by atoms with van der Waals surface area (Å²) in [6.45, 7) is 4.93. The molecule has 0 aliphatic rings. The van der Waals surface area contributed by atoms with Crippen LogP contribution in [0.15, 0.2) is 28.7 Å². The molecule has 0 bridgehead atoms. The summed E-state index contributed by atoms with van der Waals surface area (Å²) in [7, 11) is 0. The number of hydrogen-bond acceptors (Lipinski definition) is 3. The number of unbranched alkanes of at least 4 members (excludes halogenated alkanes) is 1. The van der Waals surface area contributed by atoms with Gasteiger partial charge in [-0.1, -0.05) is 41.4 Å². The Hall–Kier alpha value is -0.710. The summed E-state index contributed by atoms with van der Waals surface area (Å²) in [5.74, 6) is 0.192. The van der Waals surface area contributed by atoms with Gasteiger partial charge >= 0.3 is 0 Å². The second-order valence-corrected chi connectivity index (χ2v) is 5.87. The fourth-order valence-corrected chi connectivity index (χ4v) is 2.37. The number of aliphatic hydroxyl groups is 1. The molecule has 0 heterocycles. The number of carbonyl (C=O) groups excluding carboxylic acids is 1. The second kappa shape index (κ2) is 10.1. The molecule has 0 aliphatic heterocycles. The van der Waals surface area contributed by atoms with Gasteiger partial charge in [-0.2, -0.15) is 0 Å². The molecule has 20 heavy (non-hydrogen) atoms. The van der Waals surface area contributed by atoms with E-state index in [0.717, 1.165) is 42.4 Å². The molecule has 4 heteroatoms. The Bertz CT molecular complexity index is 392. The number of rotatable bonds is 10. The van der Waals surface area contributed by atoms with E-state index in [9.17, 15) is 4.79 Å². The molecular formula is C16H24BrNO2. The van der Waals surface area contributed by atoms with Gasteiger partial charge in [0.25, 0.3) is 0 Å². The lowest BCUT2D eigenvalue weighted by molar-refractivity contribution is 0.0973. The molecule has 1 aromatic carbocycles. The second-order valence-electron chi connectivity index (χ2n) is 4.95. The third kappa shape index (κ3) is 6.64.